The van der Waals surface area contributed by atoms with Crippen molar-refractivity contribution in [2.75, 3.05) is 21.2 Å². The highest BCUT2D eigenvalue weighted by atomic mass is 28.3. The summed E-state index contributed by atoms with van der Waals surface area (Å²) in [4.78, 5) is 0. The minimum atomic E-state index is -1.39. The van der Waals surface area contributed by atoms with Crippen LogP contribution in [-0.4, -0.2) is 39.6 Å². The summed E-state index contributed by atoms with van der Waals surface area (Å²) in [6.07, 6.45) is 8.80. The molecule has 2 aromatic carbocycles. The van der Waals surface area contributed by atoms with Crippen molar-refractivity contribution in [1.29, 1.82) is 0 Å². The van der Waals surface area contributed by atoms with E-state index in [4.69, 9.17) is 4.74 Å². The predicted molar refractivity (Wildman–Crippen MR) is 124 cm³/mol. The van der Waals surface area contributed by atoms with Gasteiger partial charge in [-0.25, -0.2) is 4.58 Å². The summed E-state index contributed by atoms with van der Waals surface area (Å²) in [6.45, 7) is 7.18. The lowest BCUT2D eigenvalue weighted by Gasteiger charge is -2.20. The van der Waals surface area contributed by atoms with E-state index in [1.54, 1.807) is 7.11 Å². The van der Waals surface area contributed by atoms with E-state index < -0.39 is 8.07 Å². The molecule has 28 heavy (non-hydrogen) atoms. The normalized spacial score (nSPS) is 13.6. The molecular weight excluding hydrogens is 358 g/mol. The van der Waals surface area contributed by atoms with Crippen LogP contribution in [0.5, 0.6) is 5.75 Å². The first-order valence-corrected chi connectivity index (χ1v) is 13.2. The fraction of sp³-hybridized carbons (Fsp3) is 0.240. The molecule has 0 fully saturated rings. The fourth-order valence-corrected chi connectivity index (χ4v) is 4.51. The Morgan fingerprint density at radius 3 is 2.00 bits per heavy atom. The number of hydrogen-bond acceptors (Lipinski definition) is 1. The highest BCUT2D eigenvalue weighted by Crippen LogP contribution is 2.30. The highest BCUT2D eigenvalue weighted by molar-refractivity contribution is 6.88. The van der Waals surface area contributed by atoms with E-state index in [9.17, 15) is 0 Å². The summed E-state index contributed by atoms with van der Waals surface area (Å²) in [6, 6.07) is 17.4. The van der Waals surface area contributed by atoms with Gasteiger partial charge in [0.1, 0.15) is 19.8 Å². The highest BCUT2D eigenvalue weighted by Gasteiger charge is 2.19. The van der Waals surface area contributed by atoms with E-state index in [1.165, 1.54) is 33.2 Å². The van der Waals surface area contributed by atoms with Crippen molar-refractivity contribution in [3.05, 3.63) is 89.5 Å². The summed E-state index contributed by atoms with van der Waals surface area (Å²) in [5.74, 6) is 0.877. The number of ether oxygens (including phenoxy) is 1. The summed E-state index contributed by atoms with van der Waals surface area (Å²) < 4.78 is 7.48. The fourth-order valence-electron chi connectivity index (χ4n) is 3.33. The minimum Gasteiger partial charge on any atom is -0.497 e. The SMILES string of the molecule is COc1ccc(C(=C2C=CC(=[N+](C)C)C=C2)c2cccc([Si](C)(C)C)c2)cc1. The van der Waals surface area contributed by atoms with Crippen LogP contribution >= 0.6 is 0 Å². The van der Waals surface area contributed by atoms with Crippen LogP contribution in [0.25, 0.3) is 5.57 Å². The number of rotatable bonds is 4. The maximum atomic E-state index is 5.36. The molecule has 2 nitrogen and oxygen atoms in total. The van der Waals surface area contributed by atoms with Crippen LogP contribution < -0.4 is 9.92 Å². The third-order valence-corrected chi connectivity index (χ3v) is 7.11. The molecule has 0 saturated carbocycles. The van der Waals surface area contributed by atoms with Crippen molar-refractivity contribution in [3.8, 4) is 5.75 Å². The topological polar surface area (TPSA) is 12.2 Å². The molecule has 0 unspecified atom stereocenters. The monoisotopic (exact) mass is 388 g/mol. The summed E-state index contributed by atoms with van der Waals surface area (Å²) in [7, 11) is 4.45. The van der Waals surface area contributed by atoms with Gasteiger partial charge in [0, 0.05) is 12.2 Å². The second-order valence-corrected chi connectivity index (χ2v) is 13.5. The molecule has 0 saturated heterocycles. The third kappa shape index (κ3) is 4.42. The van der Waals surface area contributed by atoms with E-state index in [-0.39, 0.29) is 0 Å². The molecule has 3 rings (SSSR count). The Morgan fingerprint density at radius 1 is 0.821 bits per heavy atom. The number of allylic oxidation sites excluding steroid dienone is 5. The second kappa shape index (κ2) is 8.15. The quantitative estimate of drug-likeness (QED) is 0.537. The molecule has 0 N–H and O–H groups in total. The Morgan fingerprint density at radius 2 is 1.46 bits per heavy atom. The molecule has 0 spiro atoms. The van der Waals surface area contributed by atoms with E-state index >= 15 is 0 Å². The average molecular weight is 389 g/mol. The average Bonchev–Trinajstić information content (AvgIpc) is 2.69. The molecule has 0 aliphatic heterocycles. The zero-order valence-electron chi connectivity index (χ0n) is 17.8. The van der Waals surface area contributed by atoms with E-state index in [0.717, 1.165) is 5.75 Å². The molecule has 1 aliphatic carbocycles. The standard InChI is InChI=1S/C25H30NOSi/c1-26(2)22-14-10-19(11-15-22)25(20-12-16-23(27-3)17-13-20)21-8-7-9-24(18-21)28(4,5)6/h7-18H,1-6H3/q+1. The molecule has 0 aromatic heterocycles. The number of nitrogens with zero attached hydrogens (tertiary/aromatic N) is 1. The smallest absolute Gasteiger partial charge is 0.199 e. The molecular formula is C25H30NOSi+. The molecule has 3 heteroatoms. The summed E-state index contributed by atoms with van der Waals surface area (Å²) in [5.41, 5.74) is 6.15. The van der Waals surface area contributed by atoms with Crippen molar-refractivity contribution in [3.63, 3.8) is 0 Å². The van der Waals surface area contributed by atoms with Crippen molar-refractivity contribution >= 4 is 24.5 Å². The molecule has 144 valence electrons. The minimum absolute atomic E-state index is 0.877. The molecule has 2 aromatic rings. The second-order valence-electron chi connectivity index (χ2n) is 8.38. The van der Waals surface area contributed by atoms with Crippen LogP contribution in [0.3, 0.4) is 0 Å². The largest absolute Gasteiger partial charge is 0.497 e. The first-order valence-electron chi connectivity index (χ1n) is 9.69. The van der Waals surface area contributed by atoms with Crippen LogP contribution in [-0.2, 0) is 0 Å². The first-order chi connectivity index (χ1) is 13.3. The predicted octanol–water partition coefficient (Wildman–Crippen LogP) is 4.88. The lowest BCUT2D eigenvalue weighted by atomic mass is 9.91. The Labute approximate surface area is 170 Å². The Kier molecular flexibility index (Phi) is 5.85. The van der Waals surface area contributed by atoms with Crippen LogP contribution in [0.15, 0.2) is 78.4 Å². The van der Waals surface area contributed by atoms with Crippen molar-refractivity contribution in [2.24, 2.45) is 0 Å². The Balaban J connectivity index is 2.19. The van der Waals surface area contributed by atoms with Gasteiger partial charge in [0.2, 0.25) is 0 Å². The Bertz CT molecular complexity index is 964. The van der Waals surface area contributed by atoms with E-state index in [2.05, 4.69) is 99.0 Å². The van der Waals surface area contributed by atoms with Gasteiger partial charge in [0.05, 0.1) is 15.2 Å². The van der Waals surface area contributed by atoms with E-state index in [1.807, 2.05) is 12.1 Å². The van der Waals surface area contributed by atoms with Crippen molar-refractivity contribution < 1.29 is 9.31 Å². The van der Waals surface area contributed by atoms with Gasteiger partial charge in [0.25, 0.3) is 0 Å². The lowest BCUT2D eigenvalue weighted by Crippen LogP contribution is -2.37. The lowest BCUT2D eigenvalue weighted by molar-refractivity contribution is -0.462. The van der Waals surface area contributed by atoms with Gasteiger partial charge in [-0.3, -0.25) is 0 Å². The summed E-state index contributed by atoms with van der Waals surface area (Å²) >= 11 is 0. The molecule has 1 aliphatic rings. The maximum Gasteiger partial charge on any atom is 0.199 e. The number of benzene rings is 2. The molecule has 0 heterocycles. The van der Waals surface area contributed by atoms with Gasteiger partial charge in [-0.05, 0) is 46.6 Å². The summed E-state index contributed by atoms with van der Waals surface area (Å²) in [5, 5.41) is 1.47. The van der Waals surface area contributed by atoms with Crippen LogP contribution in [0, 0.1) is 0 Å². The van der Waals surface area contributed by atoms with Crippen LogP contribution in [0.1, 0.15) is 11.1 Å². The third-order valence-electron chi connectivity index (χ3n) is 5.07. The van der Waals surface area contributed by atoms with Gasteiger partial charge in [-0.1, -0.05) is 61.2 Å². The van der Waals surface area contributed by atoms with Crippen LogP contribution in [0.4, 0.5) is 0 Å². The van der Waals surface area contributed by atoms with Gasteiger partial charge in [0.15, 0.2) is 5.71 Å². The van der Waals surface area contributed by atoms with Crippen LogP contribution in [0.2, 0.25) is 19.6 Å². The zero-order chi connectivity index (χ0) is 20.3. The zero-order valence-corrected chi connectivity index (χ0v) is 18.8. The van der Waals surface area contributed by atoms with E-state index in [0.29, 0.717) is 0 Å². The van der Waals surface area contributed by atoms with Gasteiger partial charge in [-0.2, -0.15) is 0 Å². The maximum absolute atomic E-state index is 5.36. The van der Waals surface area contributed by atoms with Gasteiger partial charge < -0.3 is 4.74 Å². The number of hydrogen-bond donors (Lipinski definition) is 0. The first kappa shape index (κ1) is 20.1. The molecule has 0 amide bonds. The molecule has 0 atom stereocenters. The Hall–Kier alpha value is -2.65. The molecule has 0 bridgehead atoms. The van der Waals surface area contributed by atoms with Gasteiger partial charge >= 0.3 is 0 Å². The van der Waals surface area contributed by atoms with Gasteiger partial charge in [-0.15, -0.1) is 0 Å². The van der Waals surface area contributed by atoms with Crippen molar-refractivity contribution in [2.45, 2.75) is 19.6 Å². The van der Waals surface area contributed by atoms with Crippen molar-refractivity contribution in [1.82, 2.24) is 0 Å². The molecule has 0 radical (unpaired) electrons. The number of methoxy groups -OCH3 is 1.